The van der Waals surface area contributed by atoms with Gasteiger partial charge in [-0.15, -0.1) is 0 Å². The molecule has 0 aliphatic rings. The molecule has 0 saturated carbocycles. The second kappa shape index (κ2) is 7.89. The maximum Gasteiger partial charge on any atom is 0.120 e. The number of para-hydroxylation sites is 2. The van der Waals surface area contributed by atoms with E-state index in [0.717, 1.165) is 30.5 Å². The summed E-state index contributed by atoms with van der Waals surface area (Å²) in [5.41, 5.74) is 2.04. The van der Waals surface area contributed by atoms with Gasteiger partial charge in [0.15, 0.2) is 0 Å². The van der Waals surface area contributed by atoms with Crippen LogP contribution in [0.25, 0.3) is 0 Å². The number of hydrogen-bond acceptors (Lipinski definition) is 3. The number of benzene rings is 2. The van der Waals surface area contributed by atoms with Gasteiger partial charge < -0.3 is 4.79 Å². The Hall–Kier alpha value is -2.42. The molecule has 3 heteroatoms. The van der Waals surface area contributed by atoms with Crippen LogP contribution in [0.4, 0.5) is 11.4 Å². The van der Waals surface area contributed by atoms with Gasteiger partial charge in [0.2, 0.25) is 0 Å². The Balaban J connectivity index is 2.15. The molecule has 0 aliphatic heterocycles. The fourth-order valence-corrected chi connectivity index (χ4v) is 1.85. The lowest BCUT2D eigenvalue weighted by Gasteiger charge is -2.19. The Morgan fingerprint density at radius 1 is 0.850 bits per heavy atom. The fourth-order valence-electron chi connectivity index (χ4n) is 1.85. The summed E-state index contributed by atoms with van der Waals surface area (Å²) in [6.07, 6.45) is 5.03. The topological polar surface area (TPSA) is 32.7 Å². The third-order valence-electron chi connectivity index (χ3n) is 2.85. The third kappa shape index (κ3) is 4.05. The van der Waals surface area contributed by atoms with Crippen LogP contribution < -0.4 is 5.01 Å². The number of hydrogen-bond donors (Lipinski definition) is 0. The van der Waals surface area contributed by atoms with E-state index in [4.69, 9.17) is 0 Å². The molecule has 2 aromatic carbocycles. The van der Waals surface area contributed by atoms with Crippen LogP contribution in [-0.2, 0) is 4.79 Å². The van der Waals surface area contributed by atoms with Gasteiger partial charge in [0.05, 0.1) is 11.4 Å². The molecule has 3 nitrogen and oxygen atoms in total. The van der Waals surface area contributed by atoms with Crippen molar-refractivity contribution in [2.45, 2.75) is 19.3 Å². The van der Waals surface area contributed by atoms with E-state index in [9.17, 15) is 4.79 Å². The summed E-state index contributed by atoms with van der Waals surface area (Å²) in [5.74, 6) is 0. The van der Waals surface area contributed by atoms with Crippen LogP contribution in [0.5, 0.6) is 0 Å². The van der Waals surface area contributed by atoms with Gasteiger partial charge in [0.25, 0.3) is 0 Å². The Morgan fingerprint density at radius 2 is 1.40 bits per heavy atom. The Kier molecular flexibility index (Phi) is 5.53. The molecule has 0 fully saturated rings. The predicted octanol–water partition coefficient (Wildman–Crippen LogP) is 4.18. The van der Waals surface area contributed by atoms with E-state index in [-0.39, 0.29) is 0 Å². The summed E-state index contributed by atoms with van der Waals surface area (Å²) in [5, 5.41) is 6.43. The molecule has 0 bridgehead atoms. The van der Waals surface area contributed by atoms with Gasteiger partial charge in [0.1, 0.15) is 6.29 Å². The molecule has 0 N–H and O–H groups in total. The molecule has 0 aromatic heterocycles. The molecule has 0 spiro atoms. The van der Waals surface area contributed by atoms with Crippen molar-refractivity contribution in [1.82, 2.24) is 0 Å². The van der Waals surface area contributed by atoms with E-state index in [2.05, 4.69) is 5.10 Å². The number of anilines is 2. The van der Waals surface area contributed by atoms with Crippen molar-refractivity contribution in [2.24, 2.45) is 5.10 Å². The van der Waals surface area contributed by atoms with Crippen molar-refractivity contribution >= 4 is 23.9 Å². The number of carbonyl (C=O) groups is 1. The quantitative estimate of drug-likeness (QED) is 0.326. The SMILES string of the molecule is O=CCCC/C=N/N(c1ccccc1)c1ccccc1. The van der Waals surface area contributed by atoms with E-state index in [1.54, 1.807) is 0 Å². The molecule has 0 radical (unpaired) electrons. The van der Waals surface area contributed by atoms with Gasteiger partial charge in [-0.1, -0.05) is 36.4 Å². The minimum atomic E-state index is 0.586. The first-order valence-corrected chi connectivity index (χ1v) is 6.78. The summed E-state index contributed by atoms with van der Waals surface area (Å²) in [6, 6.07) is 20.0. The first kappa shape index (κ1) is 14.0. The zero-order chi connectivity index (χ0) is 14.0. The van der Waals surface area contributed by atoms with Gasteiger partial charge >= 0.3 is 0 Å². The Labute approximate surface area is 119 Å². The number of unbranched alkanes of at least 4 members (excludes halogenated alkanes) is 2. The molecule has 0 aliphatic carbocycles. The average Bonchev–Trinajstić information content (AvgIpc) is 2.53. The van der Waals surface area contributed by atoms with E-state index < -0.39 is 0 Å². The zero-order valence-electron chi connectivity index (χ0n) is 11.4. The maximum absolute atomic E-state index is 10.3. The lowest BCUT2D eigenvalue weighted by Crippen LogP contribution is -2.08. The summed E-state index contributed by atoms with van der Waals surface area (Å²) < 4.78 is 0. The standard InChI is InChI=1S/C17H18N2O/c20-15-9-3-8-14-18-19(16-10-4-1-5-11-16)17-12-6-2-7-13-17/h1-2,4-7,10-15H,3,8-9H2/b18-14+. The largest absolute Gasteiger partial charge is 0.303 e. The number of hydrazone groups is 1. The van der Waals surface area contributed by atoms with E-state index in [1.165, 1.54) is 0 Å². The molecule has 2 aromatic rings. The average molecular weight is 266 g/mol. The van der Waals surface area contributed by atoms with Crippen LogP contribution in [-0.4, -0.2) is 12.5 Å². The first-order valence-electron chi connectivity index (χ1n) is 6.78. The molecule has 102 valence electrons. The number of nitrogens with zero attached hydrogens (tertiary/aromatic N) is 2. The summed E-state index contributed by atoms with van der Waals surface area (Å²) in [4.78, 5) is 10.3. The Morgan fingerprint density at radius 3 is 1.90 bits per heavy atom. The normalized spacial score (nSPS) is 10.6. The van der Waals surface area contributed by atoms with E-state index in [1.807, 2.05) is 71.9 Å². The molecular weight excluding hydrogens is 248 g/mol. The van der Waals surface area contributed by atoms with Crippen molar-refractivity contribution in [2.75, 3.05) is 5.01 Å². The summed E-state index contributed by atoms with van der Waals surface area (Å²) in [6.45, 7) is 0. The number of rotatable bonds is 7. The third-order valence-corrected chi connectivity index (χ3v) is 2.85. The van der Waals surface area contributed by atoms with Crippen LogP contribution >= 0.6 is 0 Å². The van der Waals surface area contributed by atoms with Gasteiger partial charge in [0, 0.05) is 12.6 Å². The Bertz CT molecular complexity index is 498. The zero-order valence-corrected chi connectivity index (χ0v) is 11.4. The lowest BCUT2D eigenvalue weighted by molar-refractivity contribution is -0.107. The number of aldehydes is 1. The first-order chi connectivity index (χ1) is 9.92. The van der Waals surface area contributed by atoms with Gasteiger partial charge in [-0.05, 0) is 37.1 Å². The highest BCUT2D eigenvalue weighted by Crippen LogP contribution is 2.24. The monoisotopic (exact) mass is 266 g/mol. The second-order valence-electron chi connectivity index (χ2n) is 4.38. The van der Waals surface area contributed by atoms with Crippen molar-refractivity contribution in [3.05, 3.63) is 60.7 Å². The minimum absolute atomic E-state index is 0.586. The number of carbonyl (C=O) groups excluding carboxylic acids is 1. The lowest BCUT2D eigenvalue weighted by atomic mass is 10.2. The van der Waals surface area contributed by atoms with Crippen molar-refractivity contribution in [3.63, 3.8) is 0 Å². The molecule has 0 unspecified atom stereocenters. The summed E-state index contributed by atoms with van der Waals surface area (Å²) >= 11 is 0. The van der Waals surface area contributed by atoms with Crippen molar-refractivity contribution in [3.8, 4) is 0 Å². The molecule has 2 rings (SSSR count). The highest BCUT2D eigenvalue weighted by Gasteiger charge is 2.05. The van der Waals surface area contributed by atoms with Crippen LogP contribution in [0, 0.1) is 0 Å². The summed E-state index contributed by atoms with van der Waals surface area (Å²) in [7, 11) is 0. The minimum Gasteiger partial charge on any atom is -0.303 e. The van der Waals surface area contributed by atoms with Crippen LogP contribution in [0.1, 0.15) is 19.3 Å². The highest BCUT2D eigenvalue weighted by molar-refractivity contribution is 5.68. The molecule has 0 atom stereocenters. The molecule has 0 amide bonds. The van der Waals surface area contributed by atoms with Gasteiger partial charge in [-0.3, -0.25) is 0 Å². The molecule has 0 heterocycles. The van der Waals surface area contributed by atoms with E-state index >= 15 is 0 Å². The van der Waals surface area contributed by atoms with Gasteiger partial charge in [-0.2, -0.15) is 5.10 Å². The maximum atomic E-state index is 10.3. The molecule has 0 saturated heterocycles. The molecule has 20 heavy (non-hydrogen) atoms. The molecular formula is C17H18N2O. The van der Waals surface area contributed by atoms with Crippen molar-refractivity contribution < 1.29 is 4.79 Å². The highest BCUT2D eigenvalue weighted by atomic mass is 16.1. The second-order valence-corrected chi connectivity index (χ2v) is 4.38. The smallest absolute Gasteiger partial charge is 0.120 e. The predicted molar refractivity (Wildman–Crippen MR) is 83.4 cm³/mol. The van der Waals surface area contributed by atoms with E-state index in [0.29, 0.717) is 6.42 Å². The van der Waals surface area contributed by atoms with Crippen molar-refractivity contribution in [1.29, 1.82) is 0 Å². The van der Waals surface area contributed by atoms with Crippen LogP contribution in [0.2, 0.25) is 0 Å². The van der Waals surface area contributed by atoms with Crippen LogP contribution in [0.3, 0.4) is 0 Å². The van der Waals surface area contributed by atoms with Crippen LogP contribution in [0.15, 0.2) is 65.8 Å². The van der Waals surface area contributed by atoms with Gasteiger partial charge in [-0.25, -0.2) is 5.01 Å². The fraction of sp³-hybridized carbons (Fsp3) is 0.176.